The van der Waals surface area contributed by atoms with Crippen LogP contribution in [0.2, 0.25) is 0 Å². The Hall–Kier alpha value is -4.24. The molecule has 2 aromatic heterocycles. The summed E-state index contributed by atoms with van der Waals surface area (Å²) in [5.74, 6) is 2.82. The van der Waals surface area contributed by atoms with E-state index in [2.05, 4.69) is 152 Å². The highest BCUT2D eigenvalue weighted by Crippen LogP contribution is 2.51. The Morgan fingerprint density at radius 1 is 0.878 bits per heavy atom. The SMILES string of the molecule is CO/C(=C\[n+]1ccc2cc(C(C)C)ccc2c1-c1cc(C)cc(C)c1C)C1C2=C(C)C=C(C)CC2c2c3c(cc[n+]21)C=C(C(C)C)CC3C. The topological polar surface area (TPSA) is 17.0 Å². The number of methoxy groups -OCH3 is 1. The molecule has 0 spiro atoms. The van der Waals surface area contributed by atoms with Crippen molar-refractivity contribution in [1.29, 1.82) is 0 Å². The van der Waals surface area contributed by atoms with Crippen molar-refractivity contribution in [3.05, 3.63) is 128 Å². The Bertz CT molecular complexity index is 2140. The van der Waals surface area contributed by atoms with E-state index in [0.29, 0.717) is 23.7 Å². The van der Waals surface area contributed by atoms with Crippen molar-refractivity contribution >= 4 is 23.0 Å². The van der Waals surface area contributed by atoms with Crippen LogP contribution >= 0.6 is 0 Å². The van der Waals surface area contributed by atoms with E-state index >= 15 is 0 Å². The lowest BCUT2D eigenvalue weighted by Gasteiger charge is -2.26. The molecule has 3 atom stereocenters. The average Bonchev–Trinajstić information content (AvgIpc) is 3.39. The van der Waals surface area contributed by atoms with E-state index in [1.54, 1.807) is 5.57 Å². The van der Waals surface area contributed by atoms with Crippen molar-refractivity contribution in [2.75, 3.05) is 7.11 Å². The van der Waals surface area contributed by atoms with Crippen molar-refractivity contribution in [3.8, 4) is 11.3 Å². The summed E-state index contributed by atoms with van der Waals surface area (Å²) in [4.78, 5) is 0. The van der Waals surface area contributed by atoms with Crippen molar-refractivity contribution in [2.24, 2.45) is 5.92 Å². The average molecular weight is 651 g/mol. The highest BCUT2D eigenvalue weighted by molar-refractivity contribution is 5.94. The zero-order valence-electron chi connectivity index (χ0n) is 31.5. The molecule has 3 nitrogen and oxygen atoms in total. The molecule has 4 aromatic rings. The van der Waals surface area contributed by atoms with E-state index in [4.69, 9.17) is 4.74 Å². The molecule has 252 valence electrons. The smallest absolute Gasteiger partial charge is 0.244 e. The third-order valence-electron chi connectivity index (χ3n) is 11.6. The van der Waals surface area contributed by atoms with Crippen molar-refractivity contribution in [1.82, 2.24) is 0 Å². The molecule has 0 fully saturated rings. The Morgan fingerprint density at radius 3 is 2.37 bits per heavy atom. The second-order valence-electron chi connectivity index (χ2n) is 15.8. The van der Waals surface area contributed by atoms with E-state index in [1.165, 1.54) is 77.8 Å². The fourth-order valence-corrected chi connectivity index (χ4v) is 9.02. The number of allylic oxidation sites excluding steroid dienone is 5. The fourth-order valence-electron chi connectivity index (χ4n) is 9.02. The van der Waals surface area contributed by atoms with Crippen LogP contribution in [0.25, 0.3) is 34.3 Å². The lowest BCUT2D eigenvalue weighted by atomic mass is 9.75. The summed E-state index contributed by atoms with van der Waals surface area (Å²) in [5, 5.41) is 2.52. The van der Waals surface area contributed by atoms with Crippen LogP contribution in [0, 0.1) is 26.7 Å². The van der Waals surface area contributed by atoms with Gasteiger partial charge in [0.1, 0.15) is 0 Å². The molecular formula is C46H54N2O+2. The van der Waals surface area contributed by atoms with Gasteiger partial charge in [-0.3, -0.25) is 0 Å². The van der Waals surface area contributed by atoms with Gasteiger partial charge in [0.2, 0.25) is 23.7 Å². The van der Waals surface area contributed by atoms with E-state index < -0.39 is 0 Å². The minimum absolute atomic E-state index is 0.0120. The molecule has 0 N–H and O–H groups in total. The van der Waals surface area contributed by atoms with Gasteiger partial charge >= 0.3 is 0 Å². The fraction of sp³-hybridized carbons (Fsp3) is 0.391. The van der Waals surface area contributed by atoms with Gasteiger partial charge in [-0.05, 0) is 111 Å². The van der Waals surface area contributed by atoms with Gasteiger partial charge in [0, 0.05) is 23.3 Å². The molecule has 0 saturated heterocycles. The third kappa shape index (κ3) is 5.60. The predicted molar refractivity (Wildman–Crippen MR) is 204 cm³/mol. The van der Waals surface area contributed by atoms with Crippen LogP contribution < -0.4 is 9.13 Å². The summed E-state index contributed by atoms with van der Waals surface area (Å²) in [7, 11) is 1.86. The number of pyridine rings is 2. The minimum Gasteiger partial charge on any atom is -0.489 e. The van der Waals surface area contributed by atoms with E-state index in [-0.39, 0.29) is 6.04 Å². The summed E-state index contributed by atoms with van der Waals surface area (Å²) < 4.78 is 11.4. The van der Waals surface area contributed by atoms with Crippen LogP contribution in [0.5, 0.6) is 0 Å². The molecule has 3 heteroatoms. The molecule has 7 rings (SSSR count). The Morgan fingerprint density at radius 2 is 1.65 bits per heavy atom. The van der Waals surface area contributed by atoms with Gasteiger partial charge in [0.15, 0.2) is 18.1 Å². The van der Waals surface area contributed by atoms with Gasteiger partial charge in [-0.25, -0.2) is 0 Å². The first kappa shape index (κ1) is 33.3. The largest absolute Gasteiger partial charge is 0.489 e. The van der Waals surface area contributed by atoms with E-state index in [9.17, 15) is 0 Å². The zero-order valence-corrected chi connectivity index (χ0v) is 31.5. The lowest BCUT2D eigenvalue weighted by molar-refractivity contribution is -0.706. The van der Waals surface area contributed by atoms with Gasteiger partial charge in [-0.15, -0.1) is 0 Å². The summed E-state index contributed by atoms with van der Waals surface area (Å²) in [6.07, 6.45) is 13.9. The van der Waals surface area contributed by atoms with Gasteiger partial charge in [0.25, 0.3) is 0 Å². The molecule has 3 aliphatic rings. The summed E-state index contributed by atoms with van der Waals surface area (Å²) in [6, 6.07) is 16.3. The highest BCUT2D eigenvalue weighted by Gasteiger charge is 2.51. The molecule has 0 bridgehead atoms. The van der Waals surface area contributed by atoms with Crippen LogP contribution in [-0.2, 0) is 4.74 Å². The first-order valence-electron chi connectivity index (χ1n) is 18.4. The molecular weight excluding hydrogens is 597 g/mol. The Labute approximate surface area is 294 Å². The summed E-state index contributed by atoms with van der Waals surface area (Å²) in [6.45, 7) is 23.0. The standard InChI is InChI=1S/C46H54N2O/c1-26(2)34-12-13-38-35(23-34)14-16-47(44(38)39-20-28(5)18-30(7)33(39)10)25-41(49-11)46-43-31(8)19-29(6)21-40(43)45-42-32(9)22-37(27(3)4)24-36(42)15-17-48(45)46/h12-20,23-27,32,40,46H,21-22H2,1-11H3/q+2/b41-25-. The van der Waals surface area contributed by atoms with Gasteiger partial charge in [0.05, 0.1) is 24.0 Å². The number of hydrogen-bond acceptors (Lipinski definition) is 1. The van der Waals surface area contributed by atoms with Crippen LogP contribution in [0.1, 0.15) is 124 Å². The third-order valence-corrected chi connectivity index (χ3v) is 11.6. The number of aryl methyl sites for hydroxylation is 2. The van der Waals surface area contributed by atoms with E-state index in [0.717, 1.165) is 18.6 Å². The number of hydrogen-bond donors (Lipinski definition) is 0. The Kier molecular flexibility index (Phi) is 8.54. The molecule has 3 unspecified atom stereocenters. The van der Waals surface area contributed by atoms with Crippen molar-refractivity contribution in [2.45, 2.75) is 106 Å². The number of nitrogens with zero attached hydrogens (tertiary/aromatic N) is 2. The maximum Gasteiger partial charge on any atom is 0.244 e. The number of ether oxygens (including phenoxy) is 1. The monoisotopic (exact) mass is 650 g/mol. The molecule has 2 aromatic carbocycles. The second kappa shape index (κ2) is 12.6. The molecule has 49 heavy (non-hydrogen) atoms. The predicted octanol–water partition coefficient (Wildman–Crippen LogP) is 11.1. The van der Waals surface area contributed by atoms with Crippen molar-refractivity contribution < 1.29 is 13.9 Å². The van der Waals surface area contributed by atoms with Crippen molar-refractivity contribution in [3.63, 3.8) is 0 Å². The number of rotatable bonds is 6. The number of aromatic nitrogens is 2. The van der Waals surface area contributed by atoms with Crippen LogP contribution in [-0.4, -0.2) is 7.11 Å². The lowest BCUT2D eigenvalue weighted by Crippen LogP contribution is -2.42. The summed E-state index contributed by atoms with van der Waals surface area (Å²) in [5.41, 5.74) is 18.0. The van der Waals surface area contributed by atoms with E-state index in [1.807, 2.05) is 7.11 Å². The molecule has 0 amide bonds. The zero-order chi connectivity index (χ0) is 34.9. The normalized spacial score (nSPS) is 20.4. The van der Waals surface area contributed by atoms with Gasteiger partial charge in [-0.1, -0.05) is 81.7 Å². The maximum atomic E-state index is 6.52. The summed E-state index contributed by atoms with van der Waals surface area (Å²) >= 11 is 0. The maximum absolute atomic E-state index is 6.52. The molecule has 0 radical (unpaired) electrons. The molecule has 3 heterocycles. The molecule has 0 saturated carbocycles. The first-order valence-corrected chi connectivity index (χ1v) is 18.4. The quantitative estimate of drug-likeness (QED) is 0.150. The number of fused-ring (bicyclic) bond motifs is 6. The first-order chi connectivity index (χ1) is 23.4. The number of benzene rings is 2. The van der Waals surface area contributed by atoms with Crippen LogP contribution in [0.3, 0.4) is 0 Å². The molecule has 2 aliphatic carbocycles. The van der Waals surface area contributed by atoms with Crippen LogP contribution in [0.15, 0.2) is 89.0 Å². The minimum atomic E-state index is -0.0120. The highest BCUT2D eigenvalue weighted by atomic mass is 16.5. The second-order valence-corrected chi connectivity index (χ2v) is 15.8. The molecule has 1 aliphatic heterocycles. The van der Waals surface area contributed by atoms with Gasteiger partial charge in [-0.2, -0.15) is 9.13 Å². The van der Waals surface area contributed by atoms with Gasteiger partial charge < -0.3 is 4.74 Å². The van der Waals surface area contributed by atoms with Crippen LogP contribution in [0.4, 0.5) is 0 Å². The Balaban J connectivity index is 1.49.